The highest BCUT2D eigenvalue weighted by atomic mass is 16.5. The number of carbonyl (C=O) groups is 1. The highest BCUT2D eigenvalue weighted by molar-refractivity contribution is 5.92. The van der Waals surface area contributed by atoms with Crippen LogP contribution in [0, 0.1) is 6.92 Å². The number of nitrogens with one attached hydrogen (secondary N) is 1. The van der Waals surface area contributed by atoms with Crippen molar-refractivity contribution in [1.29, 1.82) is 0 Å². The maximum atomic E-state index is 13.3. The second-order valence-corrected chi connectivity index (χ2v) is 8.34. The quantitative estimate of drug-likeness (QED) is 0.633. The zero-order valence-electron chi connectivity index (χ0n) is 19.4. The first-order valence-electron chi connectivity index (χ1n) is 11.3. The number of nitrogens with zero attached hydrogens (tertiary/aromatic N) is 6. The molecular weight excluding hydrogens is 406 g/mol. The Labute approximate surface area is 188 Å². The Kier molecular flexibility index (Phi) is 6.36. The molecule has 9 nitrogen and oxygen atoms in total. The summed E-state index contributed by atoms with van der Waals surface area (Å²) < 4.78 is 7.83. The van der Waals surface area contributed by atoms with Crippen LogP contribution in [-0.2, 0) is 16.1 Å². The molecule has 4 rings (SSSR count). The van der Waals surface area contributed by atoms with Gasteiger partial charge in [-0.25, -0.2) is 19.9 Å². The highest BCUT2D eigenvalue weighted by Crippen LogP contribution is 2.28. The summed E-state index contributed by atoms with van der Waals surface area (Å²) in [5.41, 5.74) is 3.13. The Balaban J connectivity index is 1.66. The molecule has 1 fully saturated rings. The molecule has 3 aromatic heterocycles. The summed E-state index contributed by atoms with van der Waals surface area (Å²) in [6.07, 6.45) is 6.05. The van der Waals surface area contributed by atoms with Crippen molar-refractivity contribution in [3.05, 3.63) is 30.5 Å². The number of ether oxygens (including phenoxy) is 1. The third-order valence-electron chi connectivity index (χ3n) is 5.76. The van der Waals surface area contributed by atoms with Crippen molar-refractivity contribution in [2.45, 2.75) is 65.8 Å². The molecule has 4 heterocycles. The summed E-state index contributed by atoms with van der Waals surface area (Å²) in [5, 5.41) is 3.44. The summed E-state index contributed by atoms with van der Waals surface area (Å²) in [4.78, 5) is 33.3. The van der Waals surface area contributed by atoms with Crippen molar-refractivity contribution in [1.82, 2.24) is 29.4 Å². The monoisotopic (exact) mass is 437 g/mol. The zero-order valence-corrected chi connectivity index (χ0v) is 19.4. The SMILES string of the molecule is CC[C@H](Nc1ccnc2c1nc(-c1cnc(C)nc1)n2CC)C(=O)N1CC(C)OC(C)C1. The molecule has 3 aromatic rings. The van der Waals surface area contributed by atoms with Crippen LogP contribution in [0.4, 0.5) is 5.69 Å². The predicted octanol–water partition coefficient (Wildman–Crippen LogP) is 3.04. The molecule has 0 aliphatic carbocycles. The van der Waals surface area contributed by atoms with Crippen LogP contribution in [0.2, 0.25) is 0 Å². The topological polar surface area (TPSA) is 98.1 Å². The van der Waals surface area contributed by atoms with Gasteiger partial charge in [-0.15, -0.1) is 0 Å². The van der Waals surface area contributed by atoms with E-state index in [9.17, 15) is 4.79 Å². The van der Waals surface area contributed by atoms with Crippen molar-refractivity contribution in [3.8, 4) is 11.4 Å². The number of carbonyl (C=O) groups excluding carboxylic acids is 1. The average molecular weight is 438 g/mol. The Morgan fingerprint density at radius 2 is 1.88 bits per heavy atom. The second-order valence-electron chi connectivity index (χ2n) is 8.34. The van der Waals surface area contributed by atoms with Crippen molar-refractivity contribution in [2.24, 2.45) is 0 Å². The zero-order chi connectivity index (χ0) is 22.8. The van der Waals surface area contributed by atoms with Gasteiger partial charge in [-0.3, -0.25) is 4.79 Å². The number of aromatic nitrogens is 5. The van der Waals surface area contributed by atoms with Gasteiger partial charge in [0.15, 0.2) is 5.65 Å². The van der Waals surface area contributed by atoms with Gasteiger partial charge in [0.2, 0.25) is 5.91 Å². The second kappa shape index (κ2) is 9.20. The van der Waals surface area contributed by atoms with Crippen molar-refractivity contribution >= 4 is 22.8 Å². The van der Waals surface area contributed by atoms with E-state index in [1.165, 1.54) is 0 Å². The summed E-state index contributed by atoms with van der Waals surface area (Å²) in [7, 11) is 0. The molecule has 0 radical (unpaired) electrons. The van der Waals surface area contributed by atoms with E-state index in [1.54, 1.807) is 18.6 Å². The van der Waals surface area contributed by atoms with Gasteiger partial charge < -0.3 is 19.5 Å². The van der Waals surface area contributed by atoms with Crippen LogP contribution in [0.3, 0.4) is 0 Å². The molecule has 32 heavy (non-hydrogen) atoms. The van der Waals surface area contributed by atoms with Gasteiger partial charge >= 0.3 is 0 Å². The third kappa shape index (κ3) is 4.29. The number of fused-ring (bicyclic) bond motifs is 1. The molecule has 3 atom stereocenters. The molecule has 0 bridgehead atoms. The average Bonchev–Trinajstić information content (AvgIpc) is 3.16. The van der Waals surface area contributed by atoms with Gasteiger partial charge in [0, 0.05) is 38.2 Å². The van der Waals surface area contributed by atoms with E-state index in [0.29, 0.717) is 31.9 Å². The number of hydrogen-bond donors (Lipinski definition) is 1. The van der Waals surface area contributed by atoms with Crippen LogP contribution in [0.15, 0.2) is 24.7 Å². The summed E-state index contributed by atoms with van der Waals surface area (Å²) in [6, 6.07) is 1.53. The molecule has 2 unspecified atom stereocenters. The number of aryl methyl sites for hydroxylation is 2. The van der Waals surface area contributed by atoms with Crippen molar-refractivity contribution in [2.75, 3.05) is 18.4 Å². The minimum atomic E-state index is -0.351. The van der Waals surface area contributed by atoms with E-state index in [0.717, 1.165) is 28.2 Å². The van der Waals surface area contributed by atoms with E-state index in [-0.39, 0.29) is 24.2 Å². The molecule has 0 saturated carbocycles. The van der Waals surface area contributed by atoms with E-state index in [4.69, 9.17) is 9.72 Å². The van der Waals surface area contributed by atoms with Crippen LogP contribution in [-0.4, -0.2) is 66.6 Å². The van der Waals surface area contributed by atoms with Crippen molar-refractivity contribution in [3.63, 3.8) is 0 Å². The van der Waals surface area contributed by atoms with Gasteiger partial charge in [0.05, 0.1) is 23.5 Å². The molecular formula is C23H31N7O2. The fourth-order valence-corrected chi connectivity index (χ4v) is 4.27. The normalized spacial score (nSPS) is 19.8. The lowest BCUT2D eigenvalue weighted by atomic mass is 10.1. The fourth-order valence-electron chi connectivity index (χ4n) is 4.27. The number of hydrogen-bond acceptors (Lipinski definition) is 7. The number of morpholine rings is 1. The lowest BCUT2D eigenvalue weighted by Gasteiger charge is -2.37. The highest BCUT2D eigenvalue weighted by Gasteiger charge is 2.30. The first kappa shape index (κ1) is 22.1. The first-order chi connectivity index (χ1) is 15.4. The smallest absolute Gasteiger partial charge is 0.245 e. The number of imidazole rings is 1. The number of amides is 1. The lowest BCUT2D eigenvalue weighted by Crippen LogP contribution is -2.52. The summed E-state index contributed by atoms with van der Waals surface area (Å²) in [5.74, 6) is 1.56. The summed E-state index contributed by atoms with van der Waals surface area (Å²) in [6.45, 7) is 11.9. The standard InChI is InChI=1S/C23H31N7O2/c1-6-18(23(31)29-12-14(3)32-15(4)13-29)27-19-8-9-24-22-20(19)28-21(30(22)7-2)17-10-25-16(5)26-11-17/h8-11,14-15,18H,6-7,12-13H2,1-5H3,(H,24,27)/t14?,15?,18-/m0/s1. The molecule has 1 amide bonds. The Morgan fingerprint density at radius 1 is 1.19 bits per heavy atom. The Hall–Kier alpha value is -3.07. The minimum Gasteiger partial charge on any atom is -0.372 e. The number of rotatable bonds is 6. The molecule has 9 heteroatoms. The van der Waals surface area contributed by atoms with Gasteiger partial charge in [0.1, 0.15) is 23.2 Å². The van der Waals surface area contributed by atoms with Gasteiger partial charge in [0.25, 0.3) is 0 Å². The van der Waals surface area contributed by atoms with Crippen LogP contribution >= 0.6 is 0 Å². The van der Waals surface area contributed by atoms with Gasteiger partial charge in [-0.05, 0) is 40.2 Å². The minimum absolute atomic E-state index is 0.0346. The molecule has 170 valence electrons. The summed E-state index contributed by atoms with van der Waals surface area (Å²) >= 11 is 0. The molecule has 0 spiro atoms. The van der Waals surface area contributed by atoms with Crippen LogP contribution < -0.4 is 5.32 Å². The molecule has 1 aliphatic heterocycles. The lowest BCUT2D eigenvalue weighted by molar-refractivity contribution is -0.144. The molecule has 0 aromatic carbocycles. The van der Waals surface area contributed by atoms with E-state index in [2.05, 4.69) is 27.2 Å². The van der Waals surface area contributed by atoms with E-state index in [1.807, 2.05) is 43.2 Å². The fraction of sp³-hybridized carbons (Fsp3) is 0.522. The first-order valence-corrected chi connectivity index (χ1v) is 11.3. The van der Waals surface area contributed by atoms with Gasteiger partial charge in [-0.1, -0.05) is 6.92 Å². The maximum absolute atomic E-state index is 13.3. The van der Waals surface area contributed by atoms with Crippen LogP contribution in [0.25, 0.3) is 22.6 Å². The molecule has 1 aliphatic rings. The van der Waals surface area contributed by atoms with E-state index < -0.39 is 0 Å². The largest absolute Gasteiger partial charge is 0.372 e. The molecule has 1 N–H and O–H groups in total. The van der Waals surface area contributed by atoms with Crippen LogP contribution in [0.1, 0.15) is 39.9 Å². The van der Waals surface area contributed by atoms with E-state index >= 15 is 0 Å². The molecule has 1 saturated heterocycles. The predicted molar refractivity (Wildman–Crippen MR) is 123 cm³/mol. The Morgan fingerprint density at radius 3 is 2.50 bits per heavy atom. The third-order valence-corrected chi connectivity index (χ3v) is 5.76. The van der Waals surface area contributed by atoms with Crippen LogP contribution in [0.5, 0.6) is 0 Å². The number of pyridine rings is 1. The number of anilines is 1. The van der Waals surface area contributed by atoms with Gasteiger partial charge in [-0.2, -0.15) is 0 Å². The van der Waals surface area contributed by atoms with Crippen molar-refractivity contribution < 1.29 is 9.53 Å². The Bertz CT molecular complexity index is 1090. The maximum Gasteiger partial charge on any atom is 0.245 e.